The topological polar surface area (TPSA) is 24.9 Å². The van der Waals surface area contributed by atoms with Crippen LogP contribution in [0.3, 0.4) is 0 Å². The predicted molar refractivity (Wildman–Crippen MR) is 74.0 cm³/mol. The summed E-state index contributed by atoms with van der Waals surface area (Å²) in [7, 11) is 0. The highest BCUT2D eigenvalue weighted by molar-refractivity contribution is 5.12. The molecule has 0 amide bonds. The van der Waals surface area contributed by atoms with E-state index in [4.69, 9.17) is 0 Å². The molecular formula is C15H26N2. The van der Waals surface area contributed by atoms with Gasteiger partial charge in [0.15, 0.2) is 0 Å². The number of aryl methyl sites for hydroxylation is 1. The fourth-order valence-corrected chi connectivity index (χ4v) is 2.32. The Morgan fingerprint density at radius 2 is 1.76 bits per heavy atom. The highest BCUT2D eigenvalue weighted by Gasteiger charge is 2.24. The van der Waals surface area contributed by atoms with Gasteiger partial charge in [0.05, 0.1) is 5.69 Å². The lowest BCUT2D eigenvalue weighted by molar-refractivity contribution is 0.240. The molecular weight excluding hydrogens is 208 g/mol. The average Bonchev–Trinajstić information content (AvgIpc) is 2.13. The molecule has 0 bridgehead atoms. The molecule has 0 aliphatic rings. The Morgan fingerprint density at radius 3 is 2.24 bits per heavy atom. The van der Waals surface area contributed by atoms with Crippen molar-refractivity contribution in [1.82, 2.24) is 10.3 Å². The summed E-state index contributed by atoms with van der Waals surface area (Å²) in [6.07, 6.45) is 3.07. The maximum Gasteiger partial charge on any atom is 0.0542 e. The summed E-state index contributed by atoms with van der Waals surface area (Å²) < 4.78 is 0. The highest BCUT2D eigenvalue weighted by Crippen LogP contribution is 2.26. The van der Waals surface area contributed by atoms with Crippen LogP contribution < -0.4 is 5.32 Å². The summed E-state index contributed by atoms with van der Waals surface area (Å²) >= 11 is 0. The second-order valence-corrected chi connectivity index (χ2v) is 6.80. The van der Waals surface area contributed by atoms with Crippen LogP contribution in [0, 0.1) is 12.3 Å². The van der Waals surface area contributed by atoms with Gasteiger partial charge in [0.25, 0.3) is 0 Å². The minimum absolute atomic E-state index is 0.144. The normalized spacial score (nSPS) is 12.8. The van der Waals surface area contributed by atoms with E-state index in [1.807, 2.05) is 6.20 Å². The van der Waals surface area contributed by atoms with E-state index < -0.39 is 0 Å². The standard InChI is InChI=1S/C15H26N2/c1-12-7-8-13(16-9-12)10-17-15(5,6)11-14(2,3)4/h7-9,17H,10-11H2,1-6H3. The molecule has 0 radical (unpaired) electrons. The Morgan fingerprint density at radius 1 is 1.12 bits per heavy atom. The zero-order valence-corrected chi connectivity index (χ0v) is 12.1. The molecule has 0 spiro atoms. The van der Waals surface area contributed by atoms with Gasteiger partial charge in [-0.15, -0.1) is 0 Å². The summed E-state index contributed by atoms with van der Waals surface area (Å²) in [6.45, 7) is 14.2. The fraction of sp³-hybridized carbons (Fsp3) is 0.667. The third kappa shape index (κ3) is 5.83. The molecule has 0 atom stereocenters. The lowest BCUT2D eigenvalue weighted by Crippen LogP contribution is -2.42. The van der Waals surface area contributed by atoms with Gasteiger partial charge in [-0.2, -0.15) is 0 Å². The van der Waals surface area contributed by atoms with E-state index in [2.05, 4.69) is 64.0 Å². The molecule has 2 nitrogen and oxygen atoms in total. The van der Waals surface area contributed by atoms with Gasteiger partial charge in [-0.25, -0.2) is 0 Å². The Labute approximate surface area is 106 Å². The van der Waals surface area contributed by atoms with Crippen molar-refractivity contribution >= 4 is 0 Å². The van der Waals surface area contributed by atoms with Crippen LogP contribution in [0.2, 0.25) is 0 Å². The van der Waals surface area contributed by atoms with Crippen molar-refractivity contribution < 1.29 is 0 Å². The molecule has 17 heavy (non-hydrogen) atoms. The van der Waals surface area contributed by atoms with Gasteiger partial charge in [-0.05, 0) is 44.2 Å². The highest BCUT2D eigenvalue weighted by atomic mass is 15.0. The number of pyridine rings is 1. The molecule has 2 heteroatoms. The van der Waals surface area contributed by atoms with E-state index in [0.717, 1.165) is 18.7 Å². The van der Waals surface area contributed by atoms with Crippen molar-refractivity contribution in [2.45, 2.75) is 60.0 Å². The van der Waals surface area contributed by atoms with E-state index >= 15 is 0 Å². The van der Waals surface area contributed by atoms with Crippen molar-refractivity contribution in [3.63, 3.8) is 0 Å². The lowest BCUT2D eigenvalue weighted by Gasteiger charge is -2.33. The number of aromatic nitrogens is 1. The lowest BCUT2D eigenvalue weighted by atomic mass is 9.82. The monoisotopic (exact) mass is 234 g/mol. The van der Waals surface area contributed by atoms with Crippen LogP contribution in [0.5, 0.6) is 0 Å². The van der Waals surface area contributed by atoms with Crippen LogP contribution in [0.4, 0.5) is 0 Å². The van der Waals surface area contributed by atoms with Gasteiger partial charge in [0, 0.05) is 18.3 Å². The van der Waals surface area contributed by atoms with Gasteiger partial charge >= 0.3 is 0 Å². The van der Waals surface area contributed by atoms with Crippen LogP contribution in [-0.4, -0.2) is 10.5 Å². The minimum Gasteiger partial charge on any atom is -0.306 e. The smallest absolute Gasteiger partial charge is 0.0542 e. The molecule has 0 saturated carbocycles. The summed E-state index contributed by atoms with van der Waals surface area (Å²) in [6, 6.07) is 4.20. The maximum absolute atomic E-state index is 4.42. The summed E-state index contributed by atoms with van der Waals surface area (Å²) in [5, 5.41) is 3.59. The quantitative estimate of drug-likeness (QED) is 0.859. The summed E-state index contributed by atoms with van der Waals surface area (Å²) in [5.74, 6) is 0. The maximum atomic E-state index is 4.42. The second-order valence-electron chi connectivity index (χ2n) is 6.80. The summed E-state index contributed by atoms with van der Waals surface area (Å²) in [5.41, 5.74) is 2.81. The molecule has 96 valence electrons. The molecule has 0 aromatic carbocycles. The molecule has 0 saturated heterocycles. The first-order chi connectivity index (χ1) is 7.68. The van der Waals surface area contributed by atoms with E-state index in [1.54, 1.807) is 0 Å². The van der Waals surface area contributed by atoms with Crippen LogP contribution >= 0.6 is 0 Å². The van der Waals surface area contributed by atoms with Gasteiger partial charge in [-0.1, -0.05) is 26.8 Å². The third-order valence-corrected chi connectivity index (χ3v) is 2.69. The van der Waals surface area contributed by atoms with E-state index in [1.165, 1.54) is 5.56 Å². The van der Waals surface area contributed by atoms with Crippen molar-refractivity contribution in [3.8, 4) is 0 Å². The zero-order chi connectivity index (χ0) is 13.1. The van der Waals surface area contributed by atoms with Crippen molar-refractivity contribution in [2.75, 3.05) is 0 Å². The average molecular weight is 234 g/mol. The number of nitrogens with one attached hydrogen (secondary N) is 1. The van der Waals surface area contributed by atoms with E-state index in [0.29, 0.717) is 5.41 Å². The Bertz CT molecular complexity index is 344. The number of rotatable bonds is 4. The Balaban J connectivity index is 2.52. The van der Waals surface area contributed by atoms with Crippen molar-refractivity contribution in [1.29, 1.82) is 0 Å². The third-order valence-electron chi connectivity index (χ3n) is 2.69. The first kappa shape index (κ1) is 14.2. The molecule has 0 fully saturated rings. The van der Waals surface area contributed by atoms with E-state index in [9.17, 15) is 0 Å². The molecule has 1 aromatic rings. The zero-order valence-electron chi connectivity index (χ0n) is 12.1. The molecule has 0 unspecified atom stereocenters. The fourth-order valence-electron chi connectivity index (χ4n) is 2.32. The van der Waals surface area contributed by atoms with Gasteiger partial charge < -0.3 is 5.32 Å². The Kier molecular flexibility index (Phi) is 4.31. The number of nitrogens with zero attached hydrogens (tertiary/aromatic N) is 1. The van der Waals surface area contributed by atoms with Crippen molar-refractivity contribution in [2.24, 2.45) is 5.41 Å². The first-order valence-electron chi connectivity index (χ1n) is 6.35. The van der Waals surface area contributed by atoms with Crippen molar-refractivity contribution in [3.05, 3.63) is 29.6 Å². The minimum atomic E-state index is 0.144. The molecule has 0 aliphatic heterocycles. The van der Waals surface area contributed by atoms with Gasteiger partial charge in [0.1, 0.15) is 0 Å². The Hall–Kier alpha value is -0.890. The molecule has 0 aliphatic carbocycles. The van der Waals surface area contributed by atoms with Gasteiger partial charge in [-0.3, -0.25) is 4.98 Å². The first-order valence-corrected chi connectivity index (χ1v) is 6.35. The number of hydrogen-bond donors (Lipinski definition) is 1. The molecule has 1 heterocycles. The van der Waals surface area contributed by atoms with Crippen LogP contribution in [-0.2, 0) is 6.54 Å². The molecule has 1 N–H and O–H groups in total. The largest absolute Gasteiger partial charge is 0.306 e. The van der Waals surface area contributed by atoms with Crippen LogP contribution in [0.25, 0.3) is 0 Å². The predicted octanol–water partition coefficient (Wildman–Crippen LogP) is 3.69. The van der Waals surface area contributed by atoms with Crippen LogP contribution in [0.15, 0.2) is 18.3 Å². The van der Waals surface area contributed by atoms with E-state index in [-0.39, 0.29) is 5.54 Å². The van der Waals surface area contributed by atoms with Gasteiger partial charge in [0.2, 0.25) is 0 Å². The summed E-state index contributed by atoms with van der Waals surface area (Å²) in [4.78, 5) is 4.42. The number of hydrogen-bond acceptors (Lipinski definition) is 2. The van der Waals surface area contributed by atoms with Crippen LogP contribution in [0.1, 0.15) is 52.3 Å². The SMILES string of the molecule is Cc1ccc(CNC(C)(C)CC(C)(C)C)nc1. The second kappa shape index (κ2) is 5.18. The molecule has 1 rings (SSSR count). The molecule has 1 aromatic heterocycles.